The Morgan fingerprint density at radius 2 is 1.94 bits per heavy atom. The zero-order chi connectivity index (χ0) is 24.3. The number of aromatic nitrogens is 2. The van der Waals surface area contributed by atoms with Crippen molar-refractivity contribution in [3.63, 3.8) is 0 Å². The van der Waals surface area contributed by atoms with Gasteiger partial charge in [0, 0.05) is 28.5 Å². The fourth-order valence-corrected chi connectivity index (χ4v) is 3.78. The number of alkyl halides is 3. The number of methoxy groups -OCH3 is 1. The number of aryl methyl sites for hydroxylation is 2. The predicted molar refractivity (Wildman–Crippen MR) is 118 cm³/mol. The van der Waals surface area contributed by atoms with E-state index in [1.165, 1.54) is 13.2 Å². The molecule has 6 nitrogen and oxygen atoms in total. The monoisotopic (exact) mass is 472 g/mol. The molecule has 4 bridgehead atoms. The molecule has 0 aliphatic carbocycles. The van der Waals surface area contributed by atoms with Gasteiger partial charge in [0.1, 0.15) is 18.1 Å². The van der Waals surface area contributed by atoms with Crippen molar-refractivity contribution in [1.29, 1.82) is 0 Å². The number of nitrogens with zero attached hydrogens (tertiary/aromatic N) is 2. The Labute approximate surface area is 194 Å². The quantitative estimate of drug-likeness (QED) is 0.484. The van der Waals surface area contributed by atoms with Crippen LogP contribution in [-0.2, 0) is 35.2 Å². The lowest BCUT2D eigenvalue weighted by molar-refractivity contribution is -0.141. The second kappa shape index (κ2) is 9.70. The van der Waals surface area contributed by atoms with Crippen molar-refractivity contribution >= 4 is 5.97 Å². The summed E-state index contributed by atoms with van der Waals surface area (Å²) in [5, 5.41) is 0. The molecule has 2 aromatic heterocycles. The first kappa shape index (κ1) is 23.5. The number of benzene rings is 1. The summed E-state index contributed by atoms with van der Waals surface area (Å²) in [6, 6.07) is 11.3. The van der Waals surface area contributed by atoms with Gasteiger partial charge < -0.3 is 14.2 Å². The minimum absolute atomic E-state index is 0.0306. The van der Waals surface area contributed by atoms with Crippen LogP contribution in [0.1, 0.15) is 34.5 Å². The molecule has 1 aromatic carbocycles. The standard InChI is InChI=1S/C25H23F3N2O4/c1-15-11-17(12-24(31)32-2)21-13-18(15)20-5-3-7-23(30-20)34-14-16-8-9-22(25(26,27)28)29-19(16)6-4-10-33-21/h3,5,7-9,11,13H,4,6,10,12,14H2,1-2H3. The van der Waals surface area contributed by atoms with Gasteiger partial charge in [-0.3, -0.25) is 4.79 Å². The van der Waals surface area contributed by atoms with E-state index in [0.29, 0.717) is 40.6 Å². The number of ether oxygens (including phenoxy) is 3. The van der Waals surface area contributed by atoms with E-state index in [2.05, 4.69) is 9.97 Å². The third-order valence-electron chi connectivity index (χ3n) is 5.52. The molecule has 0 atom stereocenters. The minimum atomic E-state index is -4.54. The van der Waals surface area contributed by atoms with Crippen LogP contribution in [0.3, 0.4) is 0 Å². The van der Waals surface area contributed by atoms with Crippen molar-refractivity contribution in [2.24, 2.45) is 0 Å². The van der Waals surface area contributed by atoms with Gasteiger partial charge in [0.05, 0.1) is 25.8 Å². The summed E-state index contributed by atoms with van der Waals surface area (Å²) in [4.78, 5) is 20.3. The topological polar surface area (TPSA) is 70.5 Å². The van der Waals surface area contributed by atoms with Crippen molar-refractivity contribution in [1.82, 2.24) is 9.97 Å². The molecule has 0 spiro atoms. The second-order valence-corrected chi connectivity index (χ2v) is 7.93. The van der Waals surface area contributed by atoms with Crippen LogP contribution in [0.25, 0.3) is 11.3 Å². The highest BCUT2D eigenvalue weighted by atomic mass is 19.4. The van der Waals surface area contributed by atoms with E-state index in [4.69, 9.17) is 14.2 Å². The smallest absolute Gasteiger partial charge is 0.433 e. The molecule has 0 saturated heterocycles. The van der Waals surface area contributed by atoms with Crippen molar-refractivity contribution in [3.05, 3.63) is 70.5 Å². The summed E-state index contributed by atoms with van der Waals surface area (Å²) < 4.78 is 56.2. The Bertz CT molecular complexity index is 1210. The lowest BCUT2D eigenvalue weighted by Gasteiger charge is -2.17. The van der Waals surface area contributed by atoms with Gasteiger partial charge in [-0.15, -0.1) is 0 Å². The van der Waals surface area contributed by atoms with E-state index < -0.39 is 17.8 Å². The lowest BCUT2D eigenvalue weighted by atomic mass is 9.99. The highest BCUT2D eigenvalue weighted by Crippen LogP contribution is 2.33. The van der Waals surface area contributed by atoms with Gasteiger partial charge in [0.2, 0.25) is 5.88 Å². The largest absolute Gasteiger partial charge is 0.493 e. The van der Waals surface area contributed by atoms with E-state index in [1.54, 1.807) is 12.1 Å². The zero-order valence-electron chi connectivity index (χ0n) is 18.7. The summed E-state index contributed by atoms with van der Waals surface area (Å²) in [6.07, 6.45) is -3.82. The molecule has 0 amide bonds. The van der Waals surface area contributed by atoms with Gasteiger partial charge in [0.25, 0.3) is 0 Å². The number of fused-ring (bicyclic) bond motifs is 6. The van der Waals surface area contributed by atoms with E-state index in [-0.39, 0.29) is 26.1 Å². The van der Waals surface area contributed by atoms with Gasteiger partial charge in [-0.25, -0.2) is 9.97 Å². The molecule has 0 unspecified atom stereocenters. The molecule has 34 heavy (non-hydrogen) atoms. The van der Waals surface area contributed by atoms with Gasteiger partial charge >= 0.3 is 12.1 Å². The molecule has 1 aliphatic heterocycles. The Kier molecular flexibility index (Phi) is 6.72. The normalized spacial score (nSPS) is 13.7. The predicted octanol–water partition coefficient (Wildman–Crippen LogP) is 5.09. The summed E-state index contributed by atoms with van der Waals surface area (Å²) in [6.45, 7) is 2.18. The number of esters is 1. The average molecular weight is 472 g/mol. The maximum absolute atomic E-state index is 13.2. The fourth-order valence-electron chi connectivity index (χ4n) is 3.78. The van der Waals surface area contributed by atoms with Gasteiger partial charge in [-0.2, -0.15) is 13.2 Å². The molecular formula is C25H23F3N2O4. The van der Waals surface area contributed by atoms with Crippen LogP contribution in [0.15, 0.2) is 42.5 Å². The number of hydrogen-bond acceptors (Lipinski definition) is 6. The first-order valence-corrected chi connectivity index (χ1v) is 10.7. The van der Waals surface area contributed by atoms with Crippen LogP contribution in [0.5, 0.6) is 11.6 Å². The Morgan fingerprint density at radius 3 is 2.71 bits per heavy atom. The molecule has 3 heterocycles. The van der Waals surface area contributed by atoms with Crippen molar-refractivity contribution in [2.45, 2.75) is 39.0 Å². The van der Waals surface area contributed by atoms with Crippen LogP contribution in [0.2, 0.25) is 0 Å². The van der Waals surface area contributed by atoms with Gasteiger partial charge in [0.15, 0.2) is 0 Å². The summed E-state index contributed by atoms with van der Waals surface area (Å²) >= 11 is 0. The molecule has 9 heteroatoms. The first-order valence-electron chi connectivity index (χ1n) is 10.7. The molecule has 0 saturated carbocycles. The van der Waals surface area contributed by atoms with E-state index >= 15 is 0 Å². The van der Waals surface area contributed by atoms with E-state index in [1.807, 2.05) is 25.1 Å². The second-order valence-electron chi connectivity index (χ2n) is 7.93. The lowest BCUT2D eigenvalue weighted by Crippen LogP contribution is -2.13. The van der Waals surface area contributed by atoms with Crippen LogP contribution < -0.4 is 9.47 Å². The molecule has 3 aromatic rings. The maximum atomic E-state index is 13.2. The summed E-state index contributed by atoms with van der Waals surface area (Å²) in [5.41, 5.74) is 2.93. The number of hydrogen-bond donors (Lipinski definition) is 0. The Hall–Kier alpha value is -3.62. The molecular weight excluding hydrogens is 449 g/mol. The highest BCUT2D eigenvalue weighted by molar-refractivity contribution is 5.75. The molecule has 4 rings (SSSR count). The number of rotatable bonds is 2. The third kappa shape index (κ3) is 5.30. The van der Waals surface area contributed by atoms with Crippen molar-refractivity contribution < 1.29 is 32.2 Å². The summed E-state index contributed by atoms with van der Waals surface area (Å²) in [7, 11) is 1.32. The number of carbonyl (C=O) groups is 1. The van der Waals surface area contributed by atoms with E-state index in [9.17, 15) is 18.0 Å². The van der Waals surface area contributed by atoms with E-state index in [0.717, 1.165) is 17.2 Å². The summed E-state index contributed by atoms with van der Waals surface area (Å²) in [5.74, 6) is 0.423. The molecule has 178 valence electrons. The molecule has 1 aliphatic rings. The van der Waals surface area contributed by atoms with Crippen LogP contribution in [0.4, 0.5) is 13.2 Å². The molecule has 0 radical (unpaired) electrons. The van der Waals surface area contributed by atoms with Crippen LogP contribution in [0, 0.1) is 6.92 Å². The number of halogens is 3. The number of pyridine rings is 2. The SMILES string of the molecule is COC(=O)Cc1cc(C)c2cc1OCCCc1nc(C(F)(F)F)ccc1COc1cccc-2n1. The van der Waals surface area contributed by atoms with Gasteiger partial charge in [-0.05, 0) is 43.5 Å². The maximum Gasteiger partial charge on any atom is 0.433 e. The Morgan fingerprint density at radius 1 is 1.12 bits per heavy atom. The van der Waals surface area contributed by atoms with Crippen LogP contribution in [-0.4, -0.2) is 29.7 Å². The highest BCUT2D eigenvalue weighted by Gasteiger charge is 2.33. The Balaban J connectivity index is 1.74. The first-order chi connectivity index (χ1) is 16.2. The fraction of sp³-hybridized carbons (Fsp3) is 0.320. The zero-order valence-corrected chi connectivity index (χ0v) is 18.7. The molecule has 0 N–H and O–H groups in total. The number of carbonyl (C=O) groups excluding carboxylic acids is 1. The average Bonchev–Trinajstić information content (AvgIpc) is 2.80. The third-order valence-corrected chi connectivity index (χ3v) is 5.52. The van der Waals surface area contributed by atoms with Crippen molar-refractivity contribution in [2.75, 3.05) is 13.7 Å². The minimum Gasteiger partial charge on any atom is -0.493 e. The van der Waals surface area contributed by atoms with Crippen molar-refractivity contribution in [3.8, 4) is 22.9 Å². The molecule has 0 fully saturated rings. The van der Waals surface area contributed by atoms with Gasteiger partial charge in [-0.1, -0.05) is 18.2 Å². The van der Waals surface area contributed by atoms with Crippen LogP contribution >= 0.6 is 0 Å².